The largest absolute Gasteiger partial charge is 0.481 e. The number of rotatable bonds is 10. The maximum atomic E-state index is 13.3. The van der Waals surface area contributed by atoms with E-state index in [1.165, 1.54) is 16.4 Å². The van der Waals surface area contributed by atoms with Gasteiger partial charge in [0.05, 0.1) is 17.5 Å². The maximum absolute atomic E-state index is 13.3. The lowest BCUT2D eigenvalue weighted by Gasteiger charge is -2.25. The highest BCUT2D eigenvalue weighted by Crippen LogP contribution is 2.29. The van der Waals surface area contributed by atoms with E-state index in [0.717, 1.165) is 27.4 Å². The molecule has 0 radical (unpaired) electrons. The number of para-hydroxylation sites is 2. The van der Waals surface area contributed by atoms with E-state index in [1.807, 2.05) is 60.0 Å². The molecule has 34 heavy (non-hydrogen) atoms. The molecular weight excluding hydrogens is 452 g/mol. The number of hydrogen-bond acceptors (Lipinski definition) is 4. The van der Waals surface area contributed by atoms with Crippen LogP contribution >= 0.6 is 0 Å². The van der Waals surface area contributed by atoms with Gasteiger partial charge in [0.15, 0.2) is 0 Å². The van der Waals surface area contributed by atoms with Crippen molar-refractivity contribution in [3.05, 3.63) is 78.4 Å². The second-order valence-electron chi connectivity index (χ2n) is 8.47. The Morgan fingerprint density at radius 3 is 2.06 bits per heavy atom. The molecule has 8 heteroatoms. The zero-order valence-corrected chi connectivity index (χ0v) is 19.8. The third kappa shape index (κ3) is 4.99. The number of aliphatic hydroxyl groups excluding tert-OH is 1. The minimum absolute atomic E-state index is 0.00669. The molecule has 0 spiro atoms. The third-order valence-corrected chi connectivity index (χ3v) is 7.82. The van der Waals surface area contributed by atoms with E-state index < -0.39 is 22.1 Å². The molecule has 0 amide bonds. The number of benzene rings is 3. The van der Waals surface area contributed by atoms with E-state index in [9.17, 15) is 18.3 Å². The molecule has 0 aliphatic rings. The molecular formula is C26H28N2O5S. The first-order chi connectivity index (χ1) is 16.3. The Labute approximate surface area is 198 Å². The summed E-state index contributed by atoms with van der Waals surface area (Å²) in [5, 5.41) is 22.2. The van der Waals surface area contributed by atoms with Gasteiger partial charge >= 0.3 is 5.97 Å². The van der Waals surface area contributed by atoms with Crippen molar-refractivity contribution >= 4 is 37.8 Å². The number of sulfonamides is 1. The molecule has 2 N–H and O–H groups in total. The number of aliphatic hydroxyl groups is 1. The van der Waals surface area contributed by atoms with E-state index in [0.29, 0.717) is 0 Å². The highest BCUT2D eigenvalue weighted by molar-refractivity contribution is 7.89. The van der Waals surface area contributed by atoms with Gasteiger partial charge in [-0.15, -0.1) is 0 Å². The van der Waals surface area contributed by atoms with Crippen LogP contribution in [0.5, 0.6) is 0 Å². The molecule has 0 fully saturated rings. The number of aryl methyl sites for hydroxylation is 1. The summed E-state index contributed by atoms with van der Waals surface area (Å²) in [6, 6.07) is 22.3. The average Bonchev–Trinajstić information content (AvgIpc) is 3.12. The van der Waals surface area contributed by atoms with Gasteiger partial charge < -0.3 is 14.8 Å². The lowest BCUT2D eigenvalue weighted by molar-refractivity contribution is -0.137. The fourth-order valence-electron chi connectivity index (χ4n) is 4.28. The summed E-state index contributed by atoms with van der Waals surface area (Å²) in [6.45, 7) is 1.94. The van der Waals surface area contributed by atoms with Crippen LogP contribution in [-0.2, 0) is 21.4 Å². The predicted molar refractivity (Wildman–Crippen MR) is 132 cm³/mol. The summed E-state index contributed by atoms with van der Waals surface area (Å²) in [5.41, 5.74) is 2.85. The molecule has 7 nitrogen and oxygen atoms in total. The molecule has 1 aromatic heterocycles. The van der Waals surface area contributed by atoms with E-state index in [2.05, 4.69) is 0 Å². The highest BCUT2D eigenvalue weighted by atomic mass is 32.2. The number of carbonyl (C=O) groups is 1. The van der Waals surface area contributed by atoms with Crippen LogP contribution in [0.3, 0.4) is 0 Å². The first-order valence-electron chi connectivity index (χ1n) is 11.2. The van der Waals surface area contributed by atoms with Crippen LogP contribution in [0, 0.1) is 6.92 Å². The van der Waals surface area contributed by atoms with Crippen LogP contribution < -0.4 is 0 Å². The molecule has 0 saturated heterocycles. The van der Waals surface area contributed by atoms with Crippen molar-refractivity contribution in [1.29, 1.82) is 0 Å². The topological polar surface area (TPSA) is 99.8 Å². The van der Waals surface area contributed by atoms with Crippen LogP contribution in [0.25, 0.3) is 21.8 Å². The number of carboxylic acid groups (broad SMARTS) is 1. The van der Waals surface area contributed by atoms with Gasteiger partial charge in [-0.25, -0.2) is 8.42 Å². The summed E-state index contributed by atoms with van der Waals surface area (Å²) >= 11 is 0. The lowest BCUT2D eigenvalue weighted by atomic mass is 10.2. The van der Waals surface area contributed by atoms with Gasteiger partial charge in [-0.05, 0) is 37.6 Å². The van der Waals surface area contributed by atoms with Crippen molar-refractivity contribution in [2.24, 2.45) is 0 Å². The lowest BCUT2D eigenvalue weighted by Crippen LogP contribution is -2.39. The van der Waals surface area contributed by atoms with Crippen LogP contribution in [-0.4, -0.2) is 52.7 Å². The first kappa shape index (κ1) is 23.9. The SMILES string of the molecule is Cc1ccc(S(=O)(=O)N(CCCC(=O)O)CC(O)Cn2c3ccccc3c3ccccc32)cc1. The van der Waals surface area contributed by atoms with E-state index in [4.69, 9.17) is 5.11 Å². The smallest absolute Gasteiger partial charge is 0.303 e. The summed E-state index contributed by atoms with van der Waals surface area (Å²) in [5.74, 6) is -0.987. The summed E-state index contributed by atoms with van der Waals surface area (Å²) in [7, 11) is -3.90. The van der Waals surface area contributed by atoms with Gasteiger partial charge in [-0.1, -0.05) is 54.1 Å². The quantitative estimate of drug-likeness (QED) is 0.357. The fraction of sp³-hybridized carbons (Fsp3) is 0.269. The van der Waals surface area contributed by atoms with Crippen LogP contribution in [0.4, 0.5) is 0 Å². The number of carboxylic acids is 1. The van der Waals surface area contributed by atoms with Gasteiger partial charge in [0, 0.05) is 41.3 Å². The van der Waals surface area contributed by atoms with Crippen LogP contribution in [0.2, 0.25) is 0 Å². The minimum Gasteiger partial charge on any atom is -0.481 e. The second-order valence-corrected chi connectivity index (χ2v) is 10.4. The van der Waals surface area contributed by atoms with Crippen molar-refractivity contribution in [1.82, 2.24) is 8.87 Å². The predicted octanol–water partition coefficient (Wildman–Crippen LogP) is 4.02. The Bertz CT molecular complexity index is 1360. The Hall–Kier alpha value is -3.20. The molecule has 1 heterocycles. The zero-order chi connectivity index (χ0) is 24.3. The molecule has 1 unspecified atom stereocenters. The average molecular weight is 481 g/mol. The Kier molecular flexibility index (Phi) is 7.02. The van der Waals surface area contributed by atoms with Crippen molar-refractivity contribution in [2.45, 2.75) is 37.3 Å². The molecule has 178 valence electrons. The monoisotopic (exact) mass is 480 g/mol. The van der Waals surface area contributed by atoms with Crippen molar-refractivity contribution in [3.8, 4) is 0 Å². The van der Waals surface area contributed by atoms with Gasteiger partial charge in [0.1, 0.15) is 0 Å². The molecule has 4 aromatic rings. The molecule has 1 atom stereocenters. The second kappa shape index (κ2) is 9.97. The zero-order valence-electron chi connectivity index (χ0n) is 19.0. The van der Waals surface area contributed by atoms with Crippen molar-refractivity contribution in [2.75, 3.05) is 13.1 Å². The van der Waals surface area contributed by atoms with E-state index in [-0.39, 0.29) is 37.4 Å². The standard InChI is InChI=1S/C26H28N2O5S/c1-19-12-14-21(15-13-19)34(32,33)27(16-6-11-26(30)31)17-20(29)18-28-24-9-4-2-7-22(24)23-8-3-5-10-25(23)28/h2-5,7-10,12-15,20,29H,6,11,16-18H2,1H3,(H,30,31). The molecule has 0 aliphatic carbocycles. The first-order valence-corrected chi connectivity index (χ1v) is 12.6. The Morgan fingerprint density at radius 1 is 0.941 bits per heavy atom. The molecule has 0 aliphatic heterocycles. The number of aliphatic carboxylic acids is 1. The van der Waals surface area contributed by atoms with Gasteiger partial charge in [-0.3, -0.25) is 4.79 Å². The summed E-state index contributed by atoms with van der Waals surface area (Å²) in [4.78, 5) is 11.1. The Balaban J connectivity index is 1.62. The van der Waals surface area contributed by atoms with E-state index in [1.54, 1.807) is 12.1 Å². The number of fused-ring (bicyclic) bond motifs is 3. The number of aromatic nitrogens is 1. The third-order valence-electron chi connectivity index (χ3n) is 5.94. The van der Waals surface area contributed by atoms with Crippen LogP contribution in [0.15, 0.2) is 77.7 Å². The number of hydrogen-bond donors (Lipinski definition) is 2. The van der Waals surface area contributed by atoms with Crippen molar-refractivity contribution < 1.29 is 23.4 Å². The summed E-state index contributed by atoms with van der Waals surface area (Å²) in [6.07, 6.45) is -0.991. The summed E-state index contributed by atoms with van der Waals surface area (Å²) < 4.78 is 29.9. The maximum Gasteiger partial charge on any atom is 0.303 e. The number of nitrogens with zero attached hydrogens (tertiary/aromatic N) is 2. The van der Waals surface area contributed by atoms with E-state index >= 15 is 0 Å². The van der Waals surface area contributed by atoms with Gasteiger partial charge in [0.2, 0.25) is 10.0 Å². The highest BCUT2D eigenvalue weighted by Gasteiger charge is 2.27. The van der Waals surface area contributed by atoms with Crippen LogP contribution in [0.1, 0.15) is 18.4 Å². The minimum atomic E-state index is -3.90. The molecule has 4 rings (SSSR count). The normalized spacial score (nSPS) is 13.0. The van der Waals surface area contributed by atoms with Gasteiger partial charge in [-0.2, -0.15) is 4.31 Å². The van der Waals surface area contributed by atoms with Gasteiger partial charge in [0.25, 0.3) is 0 Å². The fourth-order valence-corrected chi connectivity index (χ4v) is 5.80. The Morgan fingerprint density at radius 2 is 1.50 bits per heavy atom. The molecule has 0 bridgehead atoms. The molecule has 0 saturated carbocycles. The van der Waals surface area contributed by atoms with Crippen molar-refractivity contribution in [3.63, 3.8) is 0 Å². The molecule has 3 aromatic carbocycles.